The summed E-state index contributed by atoms with van der Waals surface area (Å²) in [5, 5.41) is 3.90. The quantitative estimate of drug-likeness (QED) is 0.807. The Labute approximate surface area is 90.6 Å². The normalized spacial score (nSPS) is 14.6. The van der Waals surface area contributed by atoms with E-state index in [4.69, 9.17) is 10.3 Å². The van der Waals surface area contributed by atoms with Gasteiger partial charge >= 0.3 is 0 Å². The first-order chi connectivity index (χ1) is 6.80. The average Bonchev–Trinajstić information content (AvgIpc) is 2.48. The molecular formula is C10H20N4O. The molecule has 0 fully saturated rings. The summed E-state index contributed by atoms with van der Waals surface area (Å²) in [6, 6.07) is -0.195. The number of aromatic nitrogens is 2. The third kappa shape index (κ3) is 3.28. The fourth-order valence-electron chi connectivity index (χ4n) is 1.17. The molecule has 0 aliphatic carbocycles. The number of nitrogens with zero attached hydrogens (tertiary/aromatic N) is 3. The van der Waals surface area contributed by atoms with E-state index in [2.05, 4.69) is 10.1 Å². The van der Waals surface area contributed by atoms with Crippen molar-refractivity contribution >= 4 is 0 Å². The monoisotopic (exact) mass is 212 g/mol. The van der Waals surface area contributed by atoms with E-state index >= 15 is 0 Å². The molecular weight excluding hydrogens is 192 g/mol. The zero-order chi connectivity index (χ0) is 11.6. The fourth-order valence-corrected chi connectivity index (χ4v) is 1.17. The molecule has 2 N–H and O–H groups in total. The van der Waals surface area contributed by atoms with Crippen LogP contribution in [-0.4, -0.2) is 35.7 Å². The van der Waals surface area contributed by atoms with Crippen molar-refractivity contribution in [2.75, 3.05) is 20.6 Å². The van der Waals surface area contributed by atoms with Crippen LogP contribution in [0.15, 0.2) is 4.52 Å². The average molecular weight is 212 g/mol. The Hall–Kier alpha value is -0.940. The van der Waals surface area contributed by atoms with Crippen molar-refractivity contribution in [3.05, 3.63) is 11.7 Å². The number of hydrogen-bond donors (Lipinski definition) is 1. The van der Waals surface area contributed by atoms with Crippen LogP contribution in [0.25, 0.3) is 0 Å². The third-order valence-corrected chi connectivity index (χ3v) is 1.98. The maximum Gasteiger partial charge on any atom is 0.232 e. The predicted molar refractivity (Wildman–Crippen MR) is 58.5 cm³/mol. The minimum Gasteiger partial charge on any atom is -0.339 e. The first kappa shape index (κ1) is 12.1. The molecule has 1 aromatic heterocycles. The Morgan fingerprint density at radius 2 is 2.00 bits per heavy atom. The van der Waals surface area contributed by atoms with E-state index in [0.29, 0.717) is 18.3 Å². The van der Waals surface area contributed by atoms with Gasteiger partial charge in [-0.3, -0.25) is 0 Å². The van der Waals surface area contributed by atoms with Crippen LogP contribution in [0.3, 0.4) is 0 Å². The van der Waals surface area contributed by atoms with Gasteiger partial charge in [0.05, 0.1) is 6.04 Å². The highest BCUT2D eigenvalue weighted by Crippen LogP contribution is 2.20. The molecule has 0 bridgehead atoms. The van der Waals surface area contributed by atoms with Crippen LogP contribution >= 0.6 is 0 Å². The number of likely N-dealkylation sites (N-methyl/N-ethyl adjacent to an activating group) is 1. The summed E-state index contributed by atoms with van der Waals surface area (Å²) >= 11 is 0. The highest BCUT2D eigenvalue weighted by atomic mass is 16.5. The highest BCUT2D eigenvalue weighted by Gasteiger charge is 2.23. The Kier molecular flexibility index (Phi) is 3.46. The van der Waals surface area contributed by atoms with E-state index in [0.717, 1.165) is 0 Å². The Morgan fingerprint density at radius 1 is 1.40 bits per heavy atom. The zero-order valence-electron chi connectivity index (χ0n) is 10.1. The van der Waals surface area contributed by atoms with Crippen molar-refractivity contribution < 1.29 is 4.52 Å². The Balaban J connectivity index is 2.76. The molecule has 1 unspecified atom stereocenters. The number of nitrogens with two attached hydrogens (primary N) is 1. The molecule has 0 saturated carbocycles. The highest BCUT2D eigenvalue weighted by molar-refractivity contribution is 5.01. The lowest BCUT2D eigenvalue weighted by molar-refractivity contribution is 0.312. The van der Waals surface area contributed by atoms with Gasteiger partial charge in [0.25, 0.3) is 0 Å². The Morgan fingerprint density at radius 3 is 2.40 bits per heavy atom. The van der Waals surface area contributed by atoms with E-state index in [1.165, 1.54) is 0 Å². The van der Waals surface area contributed by atoms with E-state index in [1.54, 1.807) is 0 Å². The van der Waals surface area contributed by atoms with Crippen molar-refractivity contribution in [3.63, 3.8) is 0 Å². The molecule has 0 aliphatic rings. The summed E-state index contributed by atoms with van der Waals surface area (Å²) < 4.78 is 5.17. The summed E-state index contributed by atoms with van der Waals surface area (Å²) in [6.07, 6.45) is 0. The number of hydrogen-bond acceptors (Lipinski definition) is 5. The topological polar surface area (TPSA) is 68.2 Å². The third-order valence-electron chi connectivity index (χ3n) is 1.98. The van der Waals surface area contributed by atoms with Gasteiger partial charge in [-0.1, -0.05) is 25.9 Å². The van der Waals surface area contributed by atoms with Gasteiger partial charge in [-0.05, 0) is 14.1 Å². The molecule has 1 aromatic rings. The first-order valence-electron chi connectivity index (χ1n) is 5.05. The molecule has 0 radical (unpaired) electrons. The van der Waals surface area contributed by atoms with Crippen molar-refractivity contribution in [1.82, 2.24) is 15.0 Å². The molecule has 0 amide bonds. The van der Waals surface area contributed by atoms with Crippen molar-refractivity contribution in [2.24, 2.45) is 5.73 Å². The summed E-state index contributed by atoms with van der Waals surface area (Å²) in [5.41, 5.74) is 5.80. The second kappa shape index (κ2) is 4.28. The molecule has 1 heterocycles. The summed E-state index contributed by atoms with van der Waals surface area (Å²) in [7, 11) is 3.93. The summed E-state index contributed by atoms with van der Waals surface area (Å²) in [6.45, 7) is 6.80. The lowest BCUT2D eigenvalue weighted by Gasteiger charge is -2.13. The molecule has 5 heteroatoms. The molecule has 5 nitrogen and oxygen atoms in total. The van der Waals surface area contributed by atoms with Gasteiger partial charge in [0.2, 0.25) is 5.89 Å². The molecule has 1 rings (SSSR count). The molecule has 0 aromatic carbocycles. The minimum atomic E-state index is -0.195. The van der Waals surface area contributed by atoms with Gasteiger partial charge in [-0.2, -0.15) is 4.98 Å². The lowest BCUT2D eigenvalue weighted by Crippen LogP contribution is -2.27. The van der Waals surface area contributed by atoms with Gasteiger partial charge in [0.15, 0.2) is 5.82 Å². The molecule has 0 aliphatic heterocycles. The van der Waals surface area contributed by atoms with E-state index in [9.17, 15) is 0 Å². The van der Waals surface area contributed by atoms with Gasteiger partial charge in [-0.15, -0.1) is 0 Å². The smallest absolute Gasteiger partial charge is 0.232 e. The standard InChI is InChI=1S/C10H20N4O/c1-10(2,3)9-12-8(13-15-9)7(11)6-14(4)5/h7H,6,11H2,1-5H3. The molecule has 15 heavy (non-hydrogen) atoms. The number of rotatable bonds is 3. The van der Waals surface area contributed by atoms with Crippen molar-refractivity contribution in [2.45, 2.75) is 32.2 Å². The van der Waals surface area contributed by atoms with Crippen LogP contribution in [0.5, 0.6) is 0 Å². The molecule has 1 atom stereocenters. The predicted octanol–water partition coefficient (Wildman–Crippen LogP) is 0.928. The minimum absolute atomic E-state index is 0.122. The fraction of sp³-hybridized carbons (Fsp3) is 0.800. The van der Waals surface area contributed by atoms with Crippen LogP contribution in [0, 0.1) is 0 Å². The van der Waals surface area contributed by atoms with Gasteiger partial charge in [0, 0.05) is 12.0 Å². The van der Waals surface area contributed by atoms with Gasteiger partial charge in [0.1, 0.15) is 0 Å². The van der Waals surface area contributed by atoms with E-state index in [1.807, 2.05) is 39.8 Å². The van der Waals surface area contributed by atoms with Crippen LogP contribution < -0.4 is 5.73 Å². The van der Waals surface area contributed by atoms with Crippen molar-refractivity contribution in [1.29, 1.82) is 0 Å². The molecule has 0 spiro atoms. The molecule has 0 saturated heterocycles. The largest absolute Gasteiger partial charge is 0.339 e. The van der Waals surface area contributed by atoms with E-state index < -0.39 is 0 Å². The SMILES string of the molecule is CN(C)CC(N)c1noc(C(C)(C)C)n1. The van der Waals surface area contributed by atoms with Gasteiger partial charge < -0.3 is 15.2 Å². The maximum atomic E-state index is 5.93. The summed E-state index contributed by atoms with van der Waals surface area (Å²) in [5.74, 6) is 1.21. The van der Waals surface area contributed by atoms with Crippen LogP contribution in [0.1, 0.15) is 38.5 Å². The van der Waals surface area contributed by atoms with Crippen LogP contribution in [0.4, 0.5) is 0 Å². The van der Waals surface area contributed by atoms with Crippen LogP contribution in [0.2, 0.25) is 0 Å². The van der Waals surface area contributed by atoms with Gasteiger partial charge in [-0.25, -0.2) is 0 Å². The lowest BCUT2D eigenvalue weighted by atomic mass is 9.97. The maximum absolute atomic E-state index is 5.93. The van der Waals surface area contributed by atoms with E-state index in [-0.39, 0.29) is 11.5 Å². The van der Waals surface area contributed by atoms with Crippen molar-refractivity contribution in [3.8, 4) is 0 Å². The first-order valence-corrected chi connectivity index (χ1v) is 5.05. The summed E-state index contributed by atoms with van der Waals surface area (Å²) in [4.78, 5) is 6.30. The Bertz CT molecular complexity index is 313. The van der Waals surface area contributed by atoms with Crippen LogP contribution in [-0.2, 0) is 5.41 Å². The zero-order valence-corrected chi connectivity index (χ0v) is 10.1. The second-order valence-corrected chi connectivity index (χ2v) is 5.08. The molecule has 86 valence electrons. The second-order valence-electron chi connectivity index (χ2n) is 5.08.